The highest BCUT2D eigenvalue weighted by molar-refractivity contribution is 6.39. The quantitative estimate of drug-likeness (QED) is 0.315. The summed E-state index contributed by atoms with van der Waals surface area (Å²) in [7, 11) is 1.38. The molecular weight excluding hydrogens is 487 g/mol. The normalized spacial score (nSPS) is 16.9. The maximum Gasteiger partial charge on any atom is 0.337 e. The fourth-order valence-corrected chi connectivity index (χ4v) is 5.19. The first-order valence-electron chi connectivity index (χ1n) is 12.0. The number of carbonyl (C=O) groups excluding carboxylic acids is 1. The molecule has 1 saturated heterocycles. The van der Waals surface area contributed by atoms with Crippen molar-refractivity contribution >= 4 is 29.2 Å². The van der Waals surface area contributed by atoms with E-state index in [1.54, 1.807) is 12.1 Å². The first kappa shape index (κ1) is 24.2. The Morgan fingerprint density at radius 2 is 1.74 bits per heavy atom. The van der Waals surface area contributed by atoms with E-state index < -0.39 is 0 Å². The van der Waals surface area contributed by atoms with Crippen molar-refractivity contribution in [3.05, 3.63) is 69.4 Å². The monoisotopic (exact) mass is 514 g/mol. The zero-order valence-electron chi connectivity index (χ0n) is 19.6. The third-order valence-corrected chi connectivity index (χ3v) is 7.45. The molecule has 8 heteroatoms. The van der Waals surface area contributed by atoms with Crippen molar-refractivity contribution in [2.45, 2.75) is 38.1 Å². The maximum atomic E-state index is 11.6. The van der Waals surface area contributed by atoms with Gasteiger partial charge >= 0.3 is 5.97 Å². The van der Waals surface area contributed by atoms with Gasteiger partial charge in [-0.15, -0.1) is 0 Å². The number of rotatable bonds is 8. The highest BCUT2D eigenvalue weighted by Gasteiger charge is 2.34. The Morgan fingerprint density at radius 1 is 1.06 bits per heavy atom. The summed E-state index contributed by atoms with van der Waals surface area (Å²) in [6, 6.07) is 12.6. The second-order valence-corrected chi connectivity index (χ2v) is 10.1. The third kappa shape index (κ3) is 5.50. The molecule has 0 spiro atoms. The van der Waals surface area contributed by atoms with Gasteiger partial charge in [-0.2, -0.15) is 0 Å². The van der Waals surface area contributed by atoms with E-state index in [2.05, 4.69) is 10.1 Å². The molecule has 0 bridgehead atoms. The Labute approximate surface area is 215 Å². The number of aromatic nitrogens is 1. The van der Waals surface area contributed by atoms with Crippen LogP contribution in [0.4, 0.5) is 0 Å². The minimum Gasteiger partial charge on any atom is -0.493 e. The lowest BCUT2D eigenvalue weighted by atomic mass is 9.96. The predicted octanol–water partition coefficient (Wildman–Crippen LogP) is 6.60. The van der Waals surface area contributed by atoms with Crippen LogP contribution in [0.15, 0.2) is 47.0 Å². The van der Waals surface area contributed by atoms with Gasteiger partial charge in [0.05, 0.1) is 29.3 Å². The molecule has 0 N–H and O–H groups in total. The number of likely N-dealkylation sites (tertiary alicyclic amines) is 1. The zero-order chi connectivity index (χ0) is 24.4. The van der Waals surface area contributed by atoms with Crippen molar-refractivity contribution in [3.63, 3.8) is 0 Å². The van der Waals surface area contributed by atoms with Gasteiger partial charge in [0.25, 0.3) is 0 Å². The van der Waals surface area contributed by atoms with E-state index in [0.29, 0.717) is 34.1 Å². The molecule has 1 aliphatic heterocycles. The van der Waals surface area contributed by atoms with Gasteiger partial charge in [0, 0.05) is 23.6 Å². The predicted molar refractivity (Wildman–Crippen MR) is 135 cm³/mol. The summed E-state index contributed by atoms with van der Waals surface area (Å²) in [5, 5.41) is 5.59. The van der Waals surface area contributed by atoms with Crippen molar-refractivity contribution in [2.24, 2.45) is 5.92 Å². The summed E-state index contributed by atoms with van der Waals surface area (Å²) < 4.78 is 16.6. The third-order valence-electron chi connectivity index (χ3n) is 6.82. The number of hydrogen-bond acceptors (Lipinski definition) is 6. The first-order valence-corrected chi connectivity index (χ1v) is 12.8. The molecule has 3 aromatic rings. The van der Waals surface area contributed by atoms with Gasteiger partial charge in [0.2, 0.25) is 0 Å². The highest BCUT2D eigenvalue weighted by atomic mass is 35.5. The number of piperidine rings is 1. The van der Waals surface area contributed by atoms with Crippen LogP contribution in [0.5, 0.6) is 5.75 Å². The summed E-state index contributed by atoms with van der Waals surface area (Å²) in [6.07, 6.45) is 4.37. The Balaban J connectivity index is 1.20. The molecule has 0 atom stereocenters. The first-order chi connectivity index (χ1) is 17.0. The van der Waals surface area contributed by atoms with Crippen LogP contribution < -0.4 is 4.74 Å². The van der Waals surface area contributed by atoms with Crippen molar-refractivity contribution < 1.29 is 18.8 Å². The smallest absolute Gasteiger partial charge is 0.337 e. The van der Waals surface area contributed by atoms with Crippen LogP contribution in [0.2, 0.25) is 10.0 Å². The molecule has 2 fully saturated rings. The number of halogens is 2. The maximum absolute atomic E-state index is 11.6. The molecule has 1 saturated carbocycles. The number of benzene rings is 2. The average molecular weight is 515 g/mol. The van der Waals surface area contributed by atoms with Gasteiger partial charge in [0.1, 0.15) is 17.2 Å². The molecule has 1 aliphatic carbocycles. The summed E-state index contributed by atoms with van der Waals surface area (Å²) in [5.41, 5.74) is 3.15. The van der Waals surface area contributed by atoms with Crippen LogP contribution >= 0.6 is 23.2 Å². The van der Waals surface area contributed by atoms with Crippen LogP contribution in [0.25, 0.3) is 11.3 Å². The summed E-state index contributed by atoms with van der Waals surface area (Å²) in [6.45, 7) is 3.38. The molecule has 2 aromatic carbocycles. The van der Waals surface area contributed by atoms with Crippen LogP contribution in [0.3, 0.4) is 0 Å². The Bertz CT molecular complexity index is 1160. The van der Waals surface area contributed by atoms with Crippen LogP contribution in [-0.4, -0.2) is 42.8 Å². The second-order valence-electron chi connectivity index (χ2n) is 9.29. The minimum atomic E-state index is -0.346. The largest absolute Gasteiger partial charge is 0.493 e. The molecule has 2 heterocycles. The topological polar surface area (TPSA) is 64.8 Å². The highest BCUT2D eigenvalue weighted by Crippen LogP contribution is 2.46. The Morgan fingerprint density at radius 3 is 2.37 bits per heavy atom. The Hall–Kier alpha value is -2.54. The van der Waals surface area contributed by atoms with E-state index in [9.17, 15) is 4.79 Å². The van der Waals surface area contributed by atoms with Gasteiger partial charge in [-0.1, -0.05) is 34.4 Å². The van der Waals surface area contributed by atoms with E-state index in [1.807, 2.05) is 30.3 Å². The molecule has 0 amide bonds. The molecule has 35 heavy (non-hydrogen) atoms. The molecule has 1 aromatic heterocycles. The molecule has 0 unspecified atom stereocenters. The van der Waals surface area contributed by atoms with Crippen molar-refractivity contribution in [1.82, 2.24) is 10.1 Å². The van der Waals surface area contributed by atoms with Gasteiger partial charge in [-0.3, -0.25) is 4.90 Å². The lowest BCUT2D eigenvalue weighted by molar-refractivity contribution is 0.0600. The Kier molecular flexibility index (Phi) is 7.32. The molecule has 2 aliphatic rings. The van der Waals surface area contributed by atoms with E-state index >= 15 is 0 Å². The number of nitrogens with zero attached hydrogens (tertiary/aromatic N) is 2. The van der Waals surface area contributed by atoms with E-state index in [4.69, 9.17) is 37.2 Å². The average Bonchev–Trinajstić information content (AvgIpc) is 3.65. The van der Waals surface area contributed by atoms with Gasteiger partial charge in [-0.25, -0.2) is 4.79 Å². The van der Waals surface area contributed by atoms with E-state index in [0.717, 1.165) is 73.6 Å². The van der Waals surface area contributed by atoms with Gasteiger partial charge in [-0.05, 0) is 81.1 Å². The van der Waals surface area contributed by atoms with Crippen LogP contribution in [0, 0.1) is 5.92 Å². The van der Waals surface area contributed by atoms with Crippen molar-refractivity contribution in [2.75, 3.05) is 26.8 Å². The number of esters is 1. The van der Waals surface area contributed by atoms with E-state index in [1.165, 1.54) is 7.11 Å². The standard InChI is InChI=1S/C27H28Cl2N2O4/c1-33-27(32)19-7-9-20(10-8-19)34-16-17-11-13-31(14-12-17)15-21-25(30-35-26(21)18-5-6-18)24-22(28)3-2-4-23(24)29/h2-4,7-10,17-18H,5-6,11-16H2,1H3. The zero-order valence-corrected chi connectivity index (χ0v) is 21.1. The lowest BCUT2D eigenvalue weighted by Crippen LogP contribution is -2.35. The summed E-state index contributed by atoms with van der Waals surface area (Å²) in [5.74, 6) is 2.33. The molecule has 6 nitrogen and oxygen atoms in total. The number of methoxy groups -OCH3 is 1. The fourth-order valence-electron chi connectivity index (χ4n) is 4.62. The molecule has 184 valence electrons. The van der Waals surface area contributed by atoms with Crippen LogP contribution in [-0.2, 0) is 11.3 Å². The van der Waals surface area contributed by atoms with Crippen molar-refractivity contribution in [3.8, 4) is 17.0 Å². The molecule has 5 rings (SSSR count). The SMILES string of the molecule is COC(=O)c1ccc(OCC2CCN(Cc3c(-c4c(Cl)cccc4Cl)noc3C3CC3)CC2)cc1. The lowest BCUT2D eigenvalue weighted by Gasteiger charge is -2.32. The van der Waals surface area contributed by atoms with Crippen LogP contribution in [0.1, 0.15) is 53.3 Å². The second kappa shape index (κ2) is 10.6. The number of carbonyl (C=O) groups is 1. The van der Waals surface area contributed by atoms with Crippen molar-refractivity contribution in [1.29, 1.82) is 0 Å². The molecular formula is C27H28Cl2N2O4. The molecule has 0 radical (unpaired) electrons. The minimum absolute atomic E-state index is 0.346. The van der Waals surface area contributed by atoms with Gasteiger partial charge < -0.3 is 14.0 Å². The fraction of sp³-hybridized carbons (Fsp3) is 0.407. The summed E-state index contributed by atoms with van der Waals surface area (Å²) >= 11 is 13.0. The number of ether oxygens (including phenoxy) is 2. The number of hydrogen-bond donors (Lipinski definition) is 0. The van der Waals surface area contributed by atoms with Gasteiger partial charge in [0.15, 0.2) is 0 Å². The van der Waals surface area contributed by atoms with E-state index in [-0.39, 0.29) is 5.97 Å². The summed E-state index contributed by atoms with van der Waals surface area (Å²) in [4.78, 5) is 14.0.